The van der Waals surface area contributed by atoms with Crippen molar-refractivity contribution in [1.82, 2.24) is 15.3 Å². The van der Waals surface area contributed by atoms with E-state index in [1.54, 1.807) is 6.07 Å². The third-order valence-electron chi connectivity index (χ3n) is 4.31. The van der Waals surface area contributed by atoms with E-state index < -0.39 is 10.8 Å². The average molecular weight is 370 g/mol. The van der Waals surface area contributed by atoms with Gasteiger partial charge in [-0.05, 0) is 25.8 Å². The molecule has 142 valence electrons. The van der Waals surface area contributed by atoms with Gasteiger partial charge in [-0.25, -0.2) is 4.98 Å². The Hall–Kier alpha value is -3.23. The highest BCUT2D eigenvalue weighted by Gasteiger charge is 2.18. The fraction of sp³-hybridized carbons (Fsp3) is 0.389. The quantitative estimate of drug-likeness (QED) is 0.436. The molecule has 1 aliphatic heterocycles. The molecular formula is C18H22N6O3. The van der Waals surface area contributed by atoms with Gasteiger partial charge >= 0.3 is 0 Å². The van der Waals surface area contributed by atoms with E-state index in [0.29, 0.717) is 19.0 Å². The van der Waals surface area contributed by atoms with E-state index >= 15 is 0 Å². The van der Waals surface area contributed by atoms with Crippen LogP contribution >= 0.6 is 0 Å². The van der Waals surface area contributed by atoms with Gasteiger partial charge in [-0.1, -0.05) is 12.1 Å². The molecule has 9 heteroatoms. The van der Waals surface area contributed by atoms with Crippen LogP contribution in [0, 0.1) is 17.0 Å². The van der Waals surface area contributed by atoms with E-state index in [0.717, 1.165) is 24.6 Å². The highest BCUT2D eigenvalue weighted by molar-refractivity contribution is 5.98. The molecule has 27 heavy (non-hydrogen) atoms. The standard InChI is InChI=1S/C18H22N6O3/c1-13-12-16(23-10-4-5-11-23)22-18(21-13)20-9-8-19-17(25)14-6-2-3-7-15(14)24(26)27/h2-3,6-7,12H,4-5,8-11H2,1H3,(H,19,25)(H,20,21,22). The fourth-order valence-electron chi connectivity index (χ4n) is 3.01. The smallest absolute Gasteiger partial charge is 0.282 e. The molecule has 9 nitrogen and oxygen atoms in total. The van der Waals surface area contributed by atoms with Crippen molar-refractivity contribution in [2.75, 3.05) is 36.4 Å². The number of nitrogens with zero attached hydrogens (tertiary/aromatic N) is 4. The maximum Gasteiger partial charge on any atom is 0.282 e. The lowest BCUT2D eigenvalue weighted by atomic mass is 10.1. The van der Waals surface area contributed by atoms with Crippen molar-refractivity contribution in [3.05, 3.63) is 51.7 Å². The van der Waals surface area contributed by atoms with Gasteiger partial charge in [0.1, 0.15) is 11.4 Å². The molecule has 1 aromatic heterocycles. The van der Waals surface area contributed by atoms with E-state index in [1.807, 2.05) is 13.0 Å². The first-order chi connectivity index (χ1) is 13.0. The van der Waals surface area contributed by atoms with Crippen molar-refractivity contribution in [1.29, 1.82) is 0 Å². The number of anilines is 2. The lowest BCUT2D eigenvalue weighted by Gasteiger charge is -2.17. The van der Waals surface area contributed by atoms with Crippen LogP contribution in [0.15, 0.2) is 30.3 Å². The molecule has 1 saturated heterocycles. The van der Waals surface area contributed by atoms with Crippen LogP contribution in [0.2, 0.25) is 0 Å². The Labute approximate surface area is 157 Å². The van der Waals surface area contributed by atoms with Crippen LogP contribution in [0.1, 0.15) is 28.9 Å². The SMILES string of the molecule is Cc1cc(N2CCCC2)nc(NCCNC(=O)c2ccccc2[N+](=O)[O-])n1. The summed E-state index contributed by atoms with van der Waals surface area (Å²) in [5.74, 6) is 0.940. The Kier molecular flexibility index (Phi) is 5.80. The summed E-state index contributed by atoms with van der Waals surface area (Å²) < 4.78 is 0. The Morgan fingerprint density at radius 3 is 2.70 bits per heavy atom. The fourth-order valence-corrected chi connectivity index (χ4v) is 3.01. The number of aromatic nitrogens is 2. The number of hydrogen-bond donors (Lipinski definition) is 2. The van der Waals surface area contributed by atoms with Crippen molar-refractivity contribution in [2.45, 2.75) is 19.8 Å². The number of para-hydroxylation sites is 1. The van der Waals surface area contributed by atoms with Crippen molar-refractivity contribution >= 4 is 23.4 Å². The summed E-state index contributed by atoms with van der Waals surface area (Å²) in [4.78, 5) is 33.8. The number of carbonyl (C=O) groups excluding carboxylic acids is 1. The van der Waals surface area contributed by atoms with Gasteiger partial charge in [0.05, 0.1) is 4.92 Å². The van der Waals surface area contributed by atoms with E-state index in [1.165, 1.54) is 31.0 Å². The highest BCUT2D eigenvalue weighted by atomic mass is 16.6. The number of carbonyl (C=O) groups is 1. The van der Waals surface area contributed by atoms with Gasteiger partial charge in [0.15, 0.2) is 0 Å². The minimum Gasteiger partial charge on any atom is -0.356 e. The second-order valence-corrected chi connectivity index (χ2v) is 6.34. The second kappa shape index (κ2) is 8.43. The van der Waals surface area contributed by atoms with Gasteiger partial charge in [0, 0.05) is 44.0 Å². The number of hydrogen-bond acceptors (Lipinski definition) is 7. The molecule has 0 spiro atoms. The maximum absolute atomic E-state index is 12.2. The minimum atomic E-state index is -0.562. The number of aryl methyl sites for hydroxylation is 1. The largest absolute Gasteiger partial charge is 0.356 e. The molecule has 0 unspecified atom stereocenters. The van der Waals surface area contributed by atoms with Gasteiger partial charge in [-0.2, -0.15) is 4.98 Å². The predicted molar refractivity (Wildman–Crippen MR) is 102 cm³/mol. The summed E-state index contributed by atoms with van der Waals surface area (Å²) >= 11 is 0. The molecule has 3 rings (SSSR count). The molecule has 2 N–H and O–H groups in total. The Balaban J connectivity index is 1.54. The zero-order valence-electron chi connectivity index (χ0n) is 15.1. The topological polar surface area (TPSA) is 113 Å². The first kappa shape index (κ1) is 18.6. The van der Waals surface area contributed by atoms with Crippen LogP contribution in [0.25, 0.3) is 0 Å². The monoisotopic (exact) mass is 370 g/mol. The number of benzene rings is 1. The Bertz CT molecular complexity index is 836. The van der Waals surface area contributed by atoms with Crippen molar-refractivity contribution in [3.63, 3.8) is 0 Å². The Morgan fingerprint density at radius 2 is 1.96 bits per heavy atom. The summed E-state index contributed by atoms with van der Waals surface area (Å²) in [7, 11) is 0. The molecule has 0 radical (unpaired) electrons. The number of nitrogens with one attached hydrogen (secondary N) is 2. The summed E-state index contributed by atoms with van der Waals surface area (Å²) in [5.41, 5.74) is 0.712. The first-order valence-electron chi connectivity index (χ1n) is 8.91. The number of amides is 1. The van der Waals surface area contributed by atoms with E-state index in [9.17, 15) is 14.9 Å². The van der Waals surface area contributed by atoms with Gasteiger partial charge in [0.25, 0.3) is 11.6 Å². The van der Waals surface area contributed by atoms with Crippen LogP contribution < -0.4 is 15.5 Å². The number of nitro groups is 1. The van der Waals surface area contributed by atoms with Gasteiger partial charge in [0.2, 0.25) is 5.95 Å². The van der Waals surface area contributed by atoms with Crippen LogP contribution in [0.4, 0.5) is 17.5 Å². The van der Waals surface area contributed by atoms with Gasteiger partial charge < -0.3 is 15.5 Å². The zero-order valence-corrected chi connectivity index (χ0v) is 15.1. The van der Waals surface area contributed by atoms with Crippen molar-refractivity contribution in [3.8, 4) is 0 Å². The Morgan fingerprint density at radius 1 is 1.22 bits per heavy atom. The molecular weight excluding hydrogens is 348 g/mol. The van der Waals surface area contributed by atoms with Crippen molar-refractivity contribution in [2.24, 2.45) is 0 Å². The minimum absolute atomic E-state index is 0.0469. The summed E-state index contributed by atoms with van der Waals surface area (Å²) in [5, 5.41) is 16.8. The normalized spacial score (nSPS) is 13.4. The van der Waals surface area contributed by atoms with Crippen LogP contribution in [-0.2, 0) is 0 Å². The predicted octanol–water partition coefficient (Wildman–Crippen LogP) is 2.14. The van der Waals surface area contributed by atoms with E-state index in [4.69, 9.17) is 0 Å². The number of nitro benzene ring substituents is 1. The lowest BCUT2D eigenvalue weighted by molar-refractivity contribution is -0.385. The molecule has 0 atom stereocenters. The molecule has 0 aliphatic carbocycles. The lowest BCUT2D eigenvalue weighted by Crippen LogP contribution is -2.29. The first-order valence-corrected chi connectivity index (χ1v) is 8.91. The summed E-state index contributed by atoms with van der Waals surface area (Å²) in [6, 6.07) is 7.84. The van der Waals surface area contributed by atoms with Crippen LogP contribution in [0.5, 0.6) is 0 Å². The molecule has 1 amide bonds. The molecule has 1 fully saturated rings. The molecule has 1 aromatic carbocycles. The van der Waals surface area contributed by atoms with E-state index in [-0.39, 0.29) is 11.3 Å². The third kappa shape index (κ3) is 4.69. The maximum atomic E-state index is 12.2. The van der Waals surface area contributed by atoms with Crippen molar-refractivity contribution < 1.29 is 9.72 Å². The zero-order chi connectivity index (χ0) is 19.2. The molecule has 1 aliphatic rings. The average Bonchev–Trinajstić information content (AvgIpc) is 3.19. The van der Waals surface area contributed by atoms with Gasteiger partial charge in [-0.3, -0.25) is 14.9 Å². The molecule has 0 bridgehead atoms. The summed E-state index contributed by atoms with van der Waals surface area (Å²) in [6.07, 6.45) is 2.34. The highest BCUT2D eigenvalue weighted by Crippen LogP contribution is 2.20. The van der Waals surface area contributed by atoms with Gasteiger partial charge in [-0.15, -0.1) is 0 Å². The van der Waals surface area contributed by atoms with Crippen LogP contribution in [0.3, 0.4) is 0 Å². The molecule has 2 aromatic rings. The van der Waals surface area contributed by atoms with Crippen LogP contribution in [-0.4, -0.2) is 47.0 Å². The summed E-state index contributed by atoms with van der Waals surface area (Å²) in [6.45, 7) is 4.63. The third-order valence-corrected chi connectivity index (χ3v) is 4.31. The van der Waals surface area contributed by atoms with E-state index in [2.05, 4.69) is 25.5 Å². The molecule has 2 heterocycles. The number of rotatable bonds is 7. The second-order valence-electron chi connectivity index (χ2n) is 6.34. The molecule has 0 saturated carbocycles.